The van der Waals surface area contributed by atoms with E-state index in [0.29, 0.717) is 5.92 Å². The van der Waals surface area contributed by atoms with E-state index in [1.54, 1.807) is 0 Å². The summed E-state index contributed by atoms with van der Waals surface area (Å²) in [5, 5.41) is 9.16. The fourth-order valence-corrected chi connectivity index (χ4v) is 1.76. The highest BCUT2D eigenvalue weighted by molar-refractivity contribution is 5.32. The minimum absolute atomic E-state index is 0.430. The van der Waals surface area contributed by atoms with Crippen molar-refractivity contribution in [3.63, 3.8) is 0 Å². The molecule has 0 radical (unpaired) electrons. The Kier molecular flexibility index (Phi) is 4.53. The third-order valence-electron chi connectivity index (χ3n) is 3.68. The molecule has 0 bridgehead atoms. The number of nitriles is 1. The zero-order valence-electron chi connectivity index (χ0n) is 12.4. The van der Waals surface area contributed by atoms with Crippen LogP contribution in [-0.2, 0) is 6.54 Å². The predicted molar refractivity (Wildman–Crippen MR) is 76.4 cm³/mol. The summed E-state index contributed by atoms with van der Waals surface area (Å²) < 4.78 is 0. The van der Waals surface area contributed by atoms with E-state index in [-0.39, 0.29) is 0 Å². The highest BCUT2D eigenvalue weighted by atomic mass is 15.2. The van der Waals surface area contributed by atoms with Crippen molar-refractivity contribution in [2.75, 3.05) is 7.05 Å². The normalized spacial score (nSPS) is 11.9. The number of benzene rings is 1. The molecule has 18 heavy (non-hydrogen) atoms. The molecule has 0 atom stereocenters. The Balaban J connectivity index is 2.98. The molecule has 0 saturated carbocycles. The van der Waals surface area contributed by atoms with Crippen molar-refractivity contribution in [2.24, 2.45) is 0 Å². The van der Waals surface area contributed by atoms with Crippen molar-refractivity contribution >= 4 is 0 Å². The average Bonchev–Trinajstić information content (AvgIpc) is 2.31. The molecule has 2 nitrogen and oxygen atoms in total. The molecule has 0 heterocycles. The van der Waals surface area contributed by atoms with E-state index in [1.807, 2.05) is 20.9 Å². The van der Waals surface area contributed by atoms with Gasteiger partial charge in [0.05, 0.1) is 6.07 Å². The van der Waals surface area contributed by atoms with Crippen LogP contribution in [0.4, 0.5) is 0 Å². The van der Waals surface area contributed by atoms with Gasteiger partial charge in [0.25, 0.3) is 0 Å². The molecule has 0 aliphatic carbocycles. The molecular formula is C16H24N2. The number of aryl methyl sites for hydroxylation is 1. The van der Waals surface area contributed by atoms with Gasteiger partial charge < -0.3 is 0 Å². The molecule has 1 aromatic carbocycles. The monoisotopic (exact) mass is 244 g/mol. The summed E-state index contributed by atoms with van der Waals surface area (Å²) in [7, 11) is 2.00. The van der Waals surface area contributed by atoms with E-state index in [0.717, 1.165) is 6.54 Å². The van der Waals surface area contributed by atoms with Gasteiger partial charge in [-0.15, -0.1) is 0 Å². The minimum atomic E-state index is -0.430. The molecule has 0 N–H and O–H groups in total. The van der Waals surface area contributed by atoms with Crippen LogP contribution >= 0.6 is 0 Å². The van der Waals surface area contributed by atoms with Crippen molar-refractivity contribution in [3.05, 3.63) is 34.9 Å². The lowest BCUT2D eigenvalue weighted by Gasteiger charge is -2.29. The van der Waals surface area contributed by atoms with Crippen LogP contribution in [0.5, 0.6) is 0 Å². The minimum Gasteiger partial charge on any atom is -0.285 e. The van der Waals surface area contributed by atoms with Gasteiger partial charge in [0.1, 0.15) is 5.54 Å². The maximum absolute atomic E-state index is 9.16. The first-order valence-electron chi connectivity index (χ1n) is 6.50. The molecule has 0 spiro atoms. The van der Waals surface area contributed by atoms with E-state index in [2.05, 4.69) is 49.9 Å². The summed E-state index contributed by atoms with van der Waals surface area (Å²) in [6.07, 6.45) is 0. The fourth-order valence-electron chi connectivity index (χ4n) is 1.76. The SMILES string of the molecule is Cc1ccc(C(C)C)cc1CN(C)C(C)(C)C#N. The number of nitrogens with zero attached hydrogens (tertiary/aromatic N) is 2. The molecule has 98 valence electrons. The summed E-state index contributed by atoms with van der Waals surface area (Å²) in [5.74, 6) is 0.540. The Labute approximate surface area is 111 Å². The van der Waals surface area contributed by atoms with Gasteiger partial charge in [-0.2, -0.15) is 5.26 Å². The second-order valence-electron chi connectivity index (χ2n) is 5.87. The van der Waals surface area contributed by atoms with Crippen molar-refractivity contribution in [1.82, 2.24) is 4.90 Å². The van der Waals surface area contributed by atoms with Gasteiger partial charge in [-0.1, -0.05) is 32.0 Å². The zero-order chi connectivity index (χ0) is 13.9. The molecular weight excluding hydrogens is 220 g/mol. The average molecular weight is 244 g/mol. The number of rotatable bonds is 4. The molecule has 2 heteroatoms. The Bertz CT molecular complexity index is 453. The third kappa shape index (κ3) is 3.34. The lowest BCUT2D eigenvalue weighted by molar-refractivity contribution is 0.202. The smallest absolute Gasteiger partial charge is 0.103 e. The van der Waals surface area contributed by atoms with Crippen LogP contribution in [0.2, 0.25) is 0 Å². The summed E-state index contributed by atoms with van der Waals surface area (Å²) in [5.41, 5.74) is 3.53. The van der Waals surface area contributed by atoms with Crippen LogP contribution < -0.4 is 0 Å². The van der Waals surface area contributed by atoms with Crippen LogP contribution in [-0.4, -0.2) is 17.5 Å². The van der Waals surface area contributed by atoms with Crippen molar-refractivity contribution < 1.29 is 0 Å². The maximum atomic E-state index is 9.16. The Hall–Kier alpha value is -1.33. The van der Waals surface area contributed by atoms with Crippen molar-refractivity contribution in [3.8, 4) is 6.07 Å². The van der Waals surface area contributed by atoms with Gasteiger partial charge in [0.15, 0.2) is 0 Å². The van der Waals surface area contributed by atoms with E-state index >= 15 is 0 Å². The topological polar surface area (TPSA) is 27.0 Å². The van der Waals surface area contributed by atoms with Crippen LogP contribution in [0, 0.1) is 18.3 Å². The maximum Gasteiger partial charge on any atom is 0.103 e. The fraction of sp³-hybridized carbons (Fsp3) is 0.562. The highest BCUT2D eigenvalue weighted by Gasteiger charge is 2.23. The third-order valence-corrected chi connectivity index (χ3v) is 3.68. The molecule has 0 saturated heterocycles. The molecule has 1 aromatic rings. The quantitative estimate of drug-likeness (QED) is 0.804. The lowest BCUT2D eigenvalue weighted by atomic mass is 9.96. The molecule has 0 unspecified atom stereocenters. The number of hydrogen-bond donors (Lipinski definition) is 0. The largest absolute Gasteiger partial charge is 0.285 e. The van der Waals surface area contributed by atoms with E-state index in [9.17, 15) is 0 Å². The van der Waals surface area contributed by atoms with Crippen LogP contribution in [0.3, 0.4) is 0 Å². The Morgan fingerprint density at radius 2 is 1.94 bits per heavy atom. The summed E-state index contributed by atoms with van der Waals surface area (Å²) in [4.78, 5) is 2.10. The number of hydrogen-bond acceptors (Lipinski definition) is 2. The predicted octanol–water partition coefficient (Wildman–Crippen LogP) is 3.85. The lowest BCUT2D eigenvalue weighted by Crippen LogP contribution is -2.39. The molecule has 0 aromatic heterocycles. The van der Waals surface area contributed by atoms with Crippen LogP contribution in [0.25, 0.3) is 0 Å². The van der Waals surface area contributed by atoms with Gasteiger partial charge in [-0.25, -0.2) is 0 Å². The van der Waals surface area contributed by atoms with Crippen molar-refractivity contribution in [1.29, 1.82) is 5.26 Å². The van der Waals surface area contributed by atoms with E-state index in [1.165, 1.54) is 16.7 Å². The molecule has 0 fully saturated rings. The first kappa shape index (κ1) is 14.7. The summed E-state index contributed by atoms with van der Waals surface area (Å²) in [6.45, 7) is 11.3. The molecule has 1 rings (SSSR count). The summed E-state index contributed by atoms with van der Waals surface area (Å²) >= 11 is 0. The zero-order valence-corrected chi connectivity index (χ0v) is 12.4. The van der Waals surface area contributed by atoms with Gasteiger partial charge in [0, 0.05) is 6.54 Å². The van der Waals surface area contributed by atoms with Crippen LogP contribution in [0.1, 0.15) is 50.3 Å². The van der Waals surface area contributed by atoms with Gasteiger partial charge in [0.2, 0.25) is 0 Å². The van der Waals surface area contributed by atoms with Gasteiger partial charge >= 0.3 is 0 Å². The van der Waals surface area contributed by atoms with Crippen molar-refractivity contribution in [2.45, 2.75) is 52.6 Å². The molecule has 0 aliphatic heterocycles. The highest BCUT2D eigenvalue weighted by Crippen LogP contribution is 2.22. The van der Waals surface area contributed by atoms with Gasteiger partial charge in [-0.05, 0) is 50.4 Å². The molecule has 0 aliphatic rings. The first-order valence-corrected chi connectivity index (χ1v) is 6.50. The van der Waals surface area contributed by atoms with Gasteiger partial charge in [-0.3, -0.25) is 4.90 Å². The van der Waals surface area contributed by atoms with E-state index < -0.39 is 5.54 Å². The first-order chi connectivity index (χ1) is 8.27. The Morgan fingerprint density at radius 1 is 1.33 bits per heavy atom. The van der Waals surface area contributed by atoms with E-state index in [4.69, 9.17) is 5.26 Å². The van der Waals surface area contributed by atoms with Crippen LogP contribution in [0.15, 0.2) is 18.2 Å². The summed E-state index contributed by atoms with van der Waals surface area (Å²) in [6, 6.07) is 8.98. The second kappa shape index (κ2) is 5.54. The second-order valence-corrected chi connectivity index (χ2v) is 5.87. The molecule has 0 amide bonds. The standard InChI is InChI=1S/C16H24N2/c1-12(2)14-8-7-13(3)15(9-14)10-18(6)16(4,5)11-17/h7-9,12H,10H2,1-6H3. The Morgan fingerprint density at radius 3 is 2.44 bits per heavy atom.